The Hall–Kier alpha value is -0.810. The first-order valence-corrected chi connectivity index (χ1v) is 8.19. The van der Waals surface area contributed by atoms with Gasteiger partial charge >= 0.3 is 0 Å². The van der Waals surface area contributed by atoms with Gasteiger partial charge in [-0.1, -0.05) is 12.1 Å². The van der Waals surface area contributed by atoms with Gasteiger partial charge in [-0.25, -0.2) is 0 Å². The number of likely N-dealkylation sites (tertiary alicyclic amines) is 1. The average Bonchev–Trinajstić information content (AvgIpc) is 2.53. The fourth-order valence-corrected chi connectivity index (χ4v) is 2.61. The van der Waals surface area contributed by atoms with E-state index in [0.717, 1.165) is 12.2 Å². The quantitative estimate of drug-likeness (QED) is 0.673. The third-order valence-corrected chi connectivity index (χ3v) is 4.34. The number of aliphatic hydroxyl groups excluding tert-OH is 1. The predicted molar refractivity (Wildman–Crippen MR) is 89.0 cm³/mol. The summed E-state index contributed by atoms with van der Waals surface area (Å²) in [7, 11) is 2.18. The molecule has 1 heterocycles. The van der Waals surface area contributed by atoms with E-state index in [1.165, 1.54) is 31.5 Å². The maximum atomic E-state index is 9.41. The molecule has 1 unspecified atom stereocenters. The fraction of sp³-hybridized carbons (Fsp3) is 0.625. The summed E-state index contributed by atoms with van der Waals surface area (Å²) in [6.45, 7) is 3.77. The molecule has 1 aromatic rings. The lowest BCUT2D eigenvalue weighted by atomic mass is 10.1. The Morgan fingerprint density at radius 1 is 1.29 bits per heavy atom. The van der Waals surface area contributed by atoms with Crippen LogP contribution in [0.4, 0.5) is 5.69 Å². The van der Waals surface area contributed by atoms with E-state index in [1.54, 1.807) is 0 Å². The van der Waals surface area contributed by atoms with E-state index in [9.17, 15) is 5.11 Å². The van der Waals surface area contributed by atoms with Gasteiger partial charge in [-0.15, -0.1) is 11.6 Å². The number of nitrogens with one attached hydrogen (secondary N) is 2. The lowest BCUT2D eigenvalue weighted by Gasteiger charge is -2.29. The summed E-state index contributed by atoms with van der Waals surface area (Å²) < 4.78 is 0. The van der Waals surface area contributed by atoms with Crippen LogP contribution in [0.5, 0.6) is 0 Å². The van der Waals surface area contributed by atoms with Crippen LogP contribution in [0.2, 0.25) is 0 Å². The van der Waals surface area contributed by atoms with Crippen LogP contribution in [-0.4, -0.2) is 54.7 Å². The molecule has 0 aromatic heterocycles. The summed E-state index contributed by atoms with van der Waals surface area (Å²) in [5.74, 6) is 0.256. The summed E-state index contributed by atoms with van der Waals surface area (Å²) in [6, 6.07) is 8.98. The number of alkyl halides is 1. The molecule has 0 saturated carbocycles. The number of hydrogen-bond donors (Lipinski definition) is 3. The van der Waals surface area contributed by atoms with E-state index in [1.807, 2.05) is 12.1 Å². The van der Waals surface area contributed by atoms with Crippen molar-refractivity contribution in [3.05, 3.63) is 29.8 Å². The van der Waals surface area contributed by atoms with Gasteiger partial charge in [-0.3, -0.25) is 0 Å². The Bertz CT molecular complexity index is 404. The molecule has 0 aliphatic carbocycles. The van der Waals surface area contributed by atoms with Gasteiger partial charge in [0.25, 0.3) is 0 Å². The Balaban J connectivity index is 1.72. The number of aliphatic hydroxyl groups is 1. The van der Waals surface area contributed by atoms with Crippen molar-refractivity contribution in [2.45, 2.75) is 31.5 Å². The first-order valence-electron chi connectivity index (χ1n) is 7.66. The molecule has 2 rings (SSSR count). The highest BCUT2D eigenvalue weighted by Gasteiger charge is 2.15. The number of piperidine rings is 1. The molecule has 0 amide bonds. The second-order valence-corrected chi connectivity index (χ2v) is 6.15. The maximum absolute atomic E-state index is 9.41. The molecule has 4 nitrogen and oxygen atoms in total. The molecule has 5 heteroatoms. The fourth-order valence-electron chi connectivity index (χ4n) is 2.51. The van der Waals surface area contributed by atoms with Crippen molar-refractivity contribution < 1.29 is 5.11 Å². The van der Waals surface area contributed by atoms with Gasteiger partial charge in [0.2, 0.25) is 0 Å². The van der Waals surface area contributed by atoms with E-state index in [0.29, 0.717) is 12.6 Å². The highest BCUT2D eigenvalue weighted by molar-refractivity contribution is 6.18. The summed E-state index contributed by atoms with van der Waals surface area (Å²) in [6.07, 6.45) is 1.95. The Morgan fingerprint density at radius 2 is 1.95 bits per heavy atom. The van der Waals surface area contributed by atoms with Gasteiger partial charge in [0.15, 0.2) is 0 Å². The van der Waals surface area contributed by atoms with Crippen LogP contribution >= 0.6 is 11.6 Å². The molecule has 1 saturated heterocycles. The highest BCUT2D eigenvalue weighted by Crippen LogP contribution is 2.12. The summed E-state index contributed by atoms with van der Waals surface area (Å²) in [5.41, 5.74) is 2.31. The number of anilines is 1. The first kappa shape index (κ1) is 16.6. The van der Waals surface area contributed by atoms with Crippen LogP contribution in [-0.2, 0) is 6.54 Å². The number of hydrogen-bond acceptors (Lipinski definition) is 4. The largest absolute Gasteiger partial charge is 0.390 e. The minimum absolute atomic E-state index is 0.256. The summed E-state index contributed by atoms with van der Waals surface area (Å²) >= 11 is 5.57. The van der Waals surface area contributed by atoms with Crippen LogP contribution in [0.1, 0.15) is 18.4 Å². The van der Waals surface area contributed by atoms with Crippen LogP contribution in [0.15, 0.2) is 24.3 Å². The molecule has 0 radical (unpaired) electrons. The van der Waals surface area contributed by atoms with Crippen molar-refractivity contribution in [2.24, 2.45) is 0 Å². The summed E-state index contributed by atoms with van der Waals surface area (Å²) in [4.78, 5) is 2.38. The van der Waals surface area contributed by atoms with Gasteiger partial charge in [-0.2, -0.15) is 0 Å². The van der Waals surface area contributed by atoms with E-state index in [-0.39, 0.29) is 5.88 Å². The second kappa shape index (κ2) is 8.59. The molecule has 0 bridgehead atoms. The zero-order valence-electron chi connectivity index (χ0n) is 12.7. The van der Waals surface area contributed by atoms with Crippen LogP contribution in [0.25, 0.3) is 0 Å². The van der Waals surface area contributed by atoms with Crippen molar-refractivity contribution >= 4 is 17.3 Å². The Morgan fingerprint density at radius 3 is 2.57 bits per heavy atom. The smallest absolute Gasteiger partial charge is 0.0847 e. The molecule has 1 atom stereocenters. The molecule has 1 fully saturated rings. The molecule has 1 aromatic carbocycles. The average molecular weight is 312 g/mol. The SMILES string of the molecule is CN1CCC(NCc2ccc(NCC(O)CCl)cc2)CC1. The maximum Gasteiger partial charge on any atom is 0.0847 e. The number of rotatable bonds is 7. The molecule has 3 N–H and O–H groups in total. The van der Waals surface area contributed by atoms with Crippen molar-refractivity contribution in [1.82, 2.24) is 10.2 Å². The molecule has 21 heavy (non-hydrogen) atoms. The number of benzene rings is 1. The minimum atomic E-state index is -0.502. The van der Waals surface area contributed by atoms with Gasteiger partial charge in [0, 0.05) is 24.8 Å². The Kier molecular flexibility index (Phi) is 6.77. The van der Waals surface area contributed by atoms with Crippen LogP contribution < -0.4 is 10.6 Å². The third-order valence-electron chi connectivity index (χ3n) is 3.99. The molecule has 1 aliphatic rings. The third kappa shape index (κ3) is 5.83. The first-order chi connectivity index (χ1) is 10.2. The van der Waals surface area contributed by atoms with Crippen molar-refractivity contribution in [2.75, 3.05) is 37.9 Å². The summed E-state index contributed by atoms with van der Waals surface area (Å²) in [5, 5.41) is 16.2. The van der Waals surface area contributed by atoms with E-state index in [2.05, 4.69) is 34.7 Å². The molecular formula is C16H26ClN3O. The number of nitrogens with zero attached hydrogens (tertiary/aromatic N) is 1. The Labute approximate surface area is 132 Å². The van der Waals surface area contributed by atoms with E-state index >= 15 is 0 Å². The van der Waals surface area contributed by atoms with E-state index < -0.39 is 6.10 Å². The van der Waals surface area contributed by atoms with Gasteiger partial charge in [0.05, 0.1) is 12.0 Å². The normalized spacial score (nSPS) is 18.6. The number of halogens is 1. The standard InChI is InChI=1S/C16H26ClN3O/c1-20-8-6-15(7-9-20)18-11-13-2-4-14(5-3-13)19-12-16(21)10-17/h2-5,15-16,18-19,21H,6-12H2,1H3. The van der Waals surface area contributed by atoms with Gasteiger partial charge in [-0.05, 0) is 50.7 Å². The highest BCUT2D eigenvalue weighted by atomic mass is 35.5. The minimum Gasteiger partial charge on any atom is -0.390 e. The molecular weight excluding hydrogens is 286 g/mol. The van der Waals surface area contributed by atoms with Gasteiger partial charge in [0.1, 0.15) is 0 Å². The lowest BCUT2D eigenvalue weighted by Crippen LogP contribution is -2.40. The monoisotopic (exact) mass is 311 g/mol. The van der Waals surface area contributed by atoms with Gasteiger partial charge < -0.3 is 20.6 Å². The predicted octanol–water partition coefficient (Wildman–Crippen LogP) is 1.88. The molecule has 1 aliphatic heterocycles. The van der Waals surface area contributed by atoms with Crippen molar-refractivity contribution in [3.63, 3.8) is 0 Å². The zero-order valence-corrected chi connectivity index (χ0v) is 13.4. The van der Waals surface area contributed by atoms with Crippen LogP contribution in [0.3, 0.4) is 0 Å². The topological polar surface area (TPSA) is 47.5 Å². The van der Waals surface area contributed by atoms with Crippen molar-refractivity contribution in [1.29, 1.82) is 0 Å². The van der Waals surface area contributed by atoms with Crippen molar-refractivity contribution in [3.8, 4) is 0 Å². The zero-order chi connectivity index (χ0) is 15.1. The lowest BCUT2D eigenvalue weighted by molar-refractivity contribution is 0.211. The van der Waals surface area contributed by atoms with Crippen LogP contribution in [0, 0.1) is 0 Å². The second-order valence-electron chi connectivity index (χ2n) is 5.84. The molecule has 0 spiro atoms. The molecule has 118 valence electrons. The van der Waals surface area contributed by atoms with E-state index in [4.69, 9.17) is 11.6 Å².